The molecule has 2 unspecified atom stereocenters. The van der Waals surface area contributed by atoms with Crippen LogP contribution in [-0.2, 0) is 26.9 Å². The highest BCUT2D eigenvalue weighted by Gasteiger charge is 2.54. The largest absolute Gasteiger partial charge is 0.458 e. The lowest BCUT2D eigenvalue weighted by Gasteiger charge is -2.51. The van der Waals surface area contributed by atoms with Crippen LogP contribution in [0.4, 0.5) is 0 Å². The predicted molar refractivity (Wildman–Crippen MR) is 98.1 cm³/mol. The number of imidazole rings is 1. The fraction of sp³-hybridized carbons (Fsp3) is 0.778. The number of ether oxygens (including phenoxy) is 2. The molecule has 2 heterocycles. The van der Waals surface area contributed by atoms with Crippen molar-refractivity contribution < 1.29 is 14.3 Å². The monoisotopic (exact) mass is 413 g/mol. The Balaban J connectivity index is 1.90. The van der Waals surface area contributed by atoms with E-state index in [1.807, 2.05) is 38.6 Å². The Kier molecular flexibility index (Phi) is 5.28. The van der Waals surface area contributed by atoms with Gasteiger partial charge in [0.2, 0.25) is 0 Å². The maximum Gasteiger partial charge on any atom is 0.332 e. The molecule has 3 rings (SSSR count). The van der Waals surface area contributed by atoms with E-state index in [0.29, 0.717) is 11.8 Å². The van der Waals surface area contributed by atoms with Gasteiger partial charge in [0.1, 0.15) is 28.2 Å². The molecule has 0 amide bonds. The Labute approximate surface area is 157 Å². The van der Waals surface area contributed by atoms with Crippen LogP contribution in [0.5, 0.6) is 0 Å². The number of carbonyl (C=O) groups excluding carboxylic acids is 1. The lowest BCUT2D eigenvalue weighted by atomic mass is 9.65. The van der Waals surface area contributed by atoms with Gasteiger partial charge in [-0.05, 0) is 49.5 Å². The molecule has 2 bridgehead atoms. The molecular weight excluding hydrogens is 386 g/mol. The molecule has 2 fully saturated rings. The Bertz CT molecular complexity index is 616. The molecule has 25 heavy (non-hydrogen) atoms. The highest BCUT2D eigenvalue weighted by Crippen LogP contribution is 2.49. The SMILES string of the molecule is Cn1cc(Br)nc1C1(OCC(=O)OC(C)(C)C)C2CCCC1CNC2. The van der Waals surface area contributed by atoms with Crippen LogP contribution in [-0.4, -0.2) is 40.8 Å². The van der Waals surface area contributed by atoms with E-state index in [1.165, 1.54) is 6.42 Å². The predicted octanol–water partition coefficient (Wildman–Crippen LogP) is 2.76. The molecule has 1 N–H and O–H groups in total. The van der Waals surface area contributed by atoms with Gasteiger partial charge >= 0.3 is 5.97 Å². The summed E-state index contributed by atoms with van der Waals surface area (Å²) in [6.45, 7) is 7.33. The number of halogens is 1. The van der Waals surface area contributed by atoms with Crippen molar-refractivity contribution in [1.82, 2.24) is 14.9 Å². The smallest absolute Gasteiger partial charge is 0.332 e. The van der Waals surface area contributed by atoms with Crippen molar-refractivity contribution in [1.29, 1.82) is 0 Å². The van der Waals surface area contributed by atoms with Gasteiger partial charge in [0.25, 0.3) is 0 Å². The summed E-state index contributed by atoms with van der Waals surface area (Å²) >= 11 is 3.48. The van der Waals surface area contributed by atoms with Gasteiger partial charge in [-0.2, -0.15) is 0 Å². The third-order valence-electron chi connectivity index (χ3n) is 5.14. The first kappa shape index (κ1) is 18.9. The number of esters is 1. The summed E-state index contributed by atoms with van der Waals surface area (Å²) in [5.41, 5.74) is -1.05. The van der Waals surface area contributed by atoms with E-state index in [1.54, 1.807) is 0 Å². The Hall–Kier alpha value is -0.920. The fourth-order valence-electron chi connectivity index (χ4n) is 4.32. The van der Waals surface area contributed by atoms with Crippen LogP contribution in [0.2, 0.25) is 0 Å². The summed E-state index contributed by atoms with van der Waals surface area (Å²) in [6.07, 6.45) is 5.29. The number of hydrogen-bond donors (Lipinski definition) is 1. The van der Waals surface area contributed by atoms with Crippen molar-refractivity contribution in [2.24, 2.45) is 18.9 Å². The van der Waals surface area contributed by atoms with Crippen LogP contribution < -0.4 is 5.32 Å². The highest BCUT2D eigenvalue weighted by molar-refractivity contribution is 9.10. The quantitative estimate of drug-likeness (QED) is 0.768. The molecule has 2 aliphatic rings. The zero-order valence-corrected chi connectivity index (χ0v) is 17.1. The second kappa shape index (κ2) is 7.00. The number of aromatic nitrogens is 2. The minimum Gasteiger partial charge on any atom is -0.458 e. The van der Waals surface area contributed by atoms with Gasteiger partial charge in [-0.15, -0.1) is 0 Å². The molecule has 0 aromatic carbocycles. The van der Waals surface area contributed by atoms with Gasteiger partial charge in [-0.1, -0.05) is 6.42 Å². The van der Waals surface area contributed by atoms with E-state index < -0.39 is 11.2 Å². The summed E-state index contributed by atoms with van der Waals surface area (Å²) < 4.78 is 14.7. The number of hydrogen-bond acceptors (Lipinski definition) is 5. The zero-order chi connectivity index (χ0) is 18.2. The summed E-state index contributed by atoms with van der Waals surface area (Å²) in [5, 5.41) is 3.52. The van der Waals surface area contributed by atoms with E-state index in [0.717, 1.165) is 36.4 Å². The van der Waals surface area contributed by atoms with Crippen LogP contribution in [0.15, 0.2) is 10.8 Å². The van der Waals surface area contributed by atoms with Crippen molar-refractivity contribution in [2.45, 2.75) is 51.2 Å². The van der Waals surface area contributed by atoms with Crippen LogP contribution >= 0.6 is 15.9 Å². The summed E-state index contributed by atoms with van der Waals surface area (Å²) in [6, 6.07) is 0. The first-order valence-corrected chi connectivity index (χ1v) is 9.77. The van der Waals surface area contributed by atoms with Gasteiger partial charge in [0.05, 0.1) is 0 Å². The molecule has 2 atom stereocenters. The normalized spacial score (nSPS) is 29.5. The van der Waals surface area contributed by atoms with E-state index in [4.69, 9.17) is 14.5 Å². The van der Waals surface area contributed by atoms with Crippen molar-refractivity contribution >= 4 is 21.9 Å². The molecule has 0 spiro atoms. The molecule has 1 aromatic rings. The topological polar surface area (TPSA) is 65.4 Å². The molecule has 1 aliphatic carbocycles. The first-order chi connectivity index (χ1) is 11.7. The van der Waals surface area contributed by atoms with Crippen LogP contribution in [0.1, 0.15) is 45.9 Å². The molecule has 1 saturated carbocycles. The number of nitrogens with one attached hydrogen (secondary N) is 1. The maximum atomic E-state index is 12.3. The van der Waals surface area contributed by atoms with Crippen molar-refractivity contribution in [2.75, 3.05) is 19.7 Å². The van der Waals surface area contributed by atoms with E-state index in [-0.39, 0.29) is 12.6 Å². The summed E-state index contributed by atoms with van der Waals surface area (Å²) in [5.74, 6) is 1.18. The Morgan fingerprint density at radius 3 is 2.56 bits per heavy atom. The number of carbonyl (C=O) groups is 1. The molecule has 0 radical (unpaired) electrons. The average molecular weight is 414 g/mol. The number of piperidine rings is 1. The fourth-order valence-corrected chi connectivity index (χ4v) is 4.79. The zero-order valence-electron chi connectivity index (χ0n) is 15.5. The number of fused-ring (bicyclic) bond motifs is 2. The standard InChI is InChI=1S/C18H28BrN3O3/c1-17(2,3)25-15(23)11-24-18(16-21-14(19)10-22(16)4)12-6-5-7-13(18)9-20-8-12/h10,12-13,20H,5-9,11H2,1-4H3. The molecule has 7 heteroatoms. The second-order valence-corrected chi connectivity index (χ2v) is 8.96. The molecule has 140 valence electrons. The van der Waals surface area contributed by atoms with Gasteiger partial charge in [-0.25, -0.2) is 9.78 Å². The van der Waals surface area contributed by atoms with E-state index in [2.05, 4.69) is 21.2 Å². The Morgan fingerprint density at radius 1 is 1.40 bits per heavy atom. The number of rotatable bonds is 4. The van der Waals surface area contributed by atoms with Gasteiger partial charge in [0, 0.05) is 38.2 Å². The highest BCUT2D eigenvalue weighted by atomic mass is 79.9. The van der Waals surface area contributed by atoms with Gasteiger partial charge in [-0.3, -0.25) is 0 Å². The van der Waals surface area contributed by atoms with Crippen LogP contribution in [0.3, 0.4) is 0 Å². The van der Waals surface area contributed by atoms with Crippen LogP contribution in [0, 0.1) is 11.8 Å². The first-order valence-electron chi connectivity index (χ1n) is 8.98. The van der Waals surface area contributed by atoms with Crippen molar-refractivity contribution in [3.8, 4) is 0 Å². The maximum absolute atomic E-state index is 12.3. The summed E-state index contributed by atoms with van der Waals surface area (Å²) in [7, 11) is 1.99. The third-order valence-corrected chi connectivity index (χ3v) is 5.53. The third kappa shape index (κ3) is 3.78. The molecule has 6 nitrogen and oxygen atoms in total. The summed E-state index contributed by atoms with van der Waals surface area (Å²) in [4.78, 5) is 17.0. The minimum atomic E-state index is -0.541. The second-order valence-electron chi connectivity index (χ2n) is 8.15. The molecule has 1 aliphatic heterocycles. The molecule has 1 saturated heterocycles. The van der Waals surface area contributed by atoms with Gasteiger partial charge < -0.3 is 19.4 Å². The van der Waals surface area contributed by atoms with Crippen LogP contribution in [0.25, 0.3) is 0 Å². The minimum absolute atomic E-state index is 0.0469. The van der Waals surface area contributed by atoms with Crippen molar-refractivity contribution in [3.05, 3.63) is 16.6 Å². The lowest BCUT2D eigenvalue weighted by molar-refractivity contribution is -0.194. The van der Waals surface area contributed by atoms with Crippen molar-refractivity contribution in [3.63, 3.8) is 0 Å². The lowest BCUT2D eigenvalue weighted by Crippen LogP contribution is -2.59. The number of nitrogens with zero attached hydrogens (tertiary/aromatic N) is 2. The molecular formula is C18H28BrN3O3. The number of aryl methyl sites for hydroxylation is 1. The van der Waals surface area contributed by atoms with E-state index >= 15 is 0 Å². The van der Waals surface area contributed by atoms with E-state index in [9.17, 15) is 4.79 Å². The molecule has 1 aromatic heterocycles. The Morgan fingerprint density at radius 2 is 2.04 bits per heavy atom. The average Bonchev–Trinajstić information content (AvgIpc) is 2.81. The van der Waals surface area contributed by atoms with Gasteiger partial charge in [0.15, 0.2) is 0 Å².